The van der Waals surface area contributed by atoms with Crippen LogP contribution in [0.15, 0.2) is 43.1 Å². The number of hydrogen-bond donors (Lipinski definition) is 1. The molecule has 0 aromatic heterocycles. The molecule has 29 heavy (non-hydrogen) atoms. The summed E-state index contributed by atoms with van der Waals surface area (Å²) in [6.45, 7) is 12.7. The Balaban J connectivity index is 1.91. The summed E-state index contributed by atoms with van der Waals surface area (Å²) in [5.41, 5.74) is 12.1. The fraction of sp³-hybridized carbons (Fsp3) is 0.630. The van der Waals surface area contributed by atoms with Gasteiger partial charge in [0.25, 0.3) is 0 Å². The predicted octanol–water partition coefficient (Wildman–Crippen LogP) is 6.43. The topological polar surface area (TPSA) is 29.3 Å². The van der Waals surface area contributed by atoms with Crippen molar-refractivity contribution in [2.75, 3.05) is 7.05 Å². The van der Waals surface area contributed by atoms with E-state index in [1.807, 2.05) is 6.08 Å². The molecule has 0 spiro atoms. The summed E-state index contributed by atoms with van der Waals surface area (Å²) < 4.78 is 0. The molecule has 2 rings (SSSR count). The molecule has 2 heteroatoms. The zero-order valence-corrected chi connectivity index (χ0v) is 19.3. The first-order chi connectivity index (χ1) is 14.0. The highest BCUT2D eigenvalue weighted by molar-refractivity contribution is 5.33. The SMILES string of the molecule is C=CCCCC(=C)N(C)C(C)CCc1ccc(CC2CCCCC2N)cc1CC. The molecule has 1 aliphatic carbocycles. The highest BCUT2D eigenvalue weighted by Gasteiger charge is 2.22. The number of rotatable bonds is 12. The molecule has 1 aromatic rings. The van der Waals surface area contributed by atoms with Gasteiger partial charge in [0.05, 0.1) is 0 Å². The van der Waals surface area contributed by atoms with Gasteiger partial charge >= 0.3 is 0 Å². The highest BCUT2D eigenvalue weighted by Crippen LogP contribution is 2.27. The smallest absolute Gasteiger partial charge is 0.0258 e. The van der Waals surface area contributed by atoms with Crippen molar-refractivity contribution < 1.29 is 0 Å². The number of aryl methyl sites for hydroxylation is 2. The van der Waals surface area contributed by atoms with Crippen LogP contribution in [0, 0.1) is 5.92 Å². The molecule has 2 nitrogen and oxygen atoms in total. The third-order valence-electron chi connectivity index (χ3n) is 6.98. The van der Waals surface area contributed by atoms with Crippen LogP contribution in [-0.2, 0) is 19.3 Å². The van der Waals surface area contributed by atoms with Crippen molar-refractivity contribution in [2.45, 2.75) is 96.6 Å². The number of nitrogens with zero attached hydrogens (tertiary/aromatic N) is 1. The molecule has 0 bridgehead atoms. The lowest BCUT2D eigenvalue weighted by Crippen LogP contribution is -2.34. The Morgan fingerprint density at radius 2 is 2.03 bits per heavy atom. The molecular weight excluding hydrogens is 352 g/mol. The normalized spacial score (nSPS) is 20.3. The largest absolute Gasteiger partial charge is 0.376 e. The molecule has 2 N–H and O–H groups in total. The molecule has 162 valence electrons. The van der Waals surface area contributed by atoms with E-state index in [0.29, 0.717) is 18.0 Å². The monoisotopic (exact) mass is 396 g/mol. The number of unbranched alkanes of at least 4 members (excludes halogenated alkanes) is 1. The minimum absolute atomic E-state index is 0.393. The van der Waals surface area contributed by atoms with Crippen molar-refractivity contribution in [1.29, 1.82) is 0 Å². The van der Waals surface area contributed by atoms with Gasteiger partial charge in [0.1, 0.15) is 0 Å². The Bertz CT molecular complexity index is 648. The van der Waals surface area contributed by atoms with Gasteiger partial charge in [0, 0.05) is 24.8 Å². The summed E-state index contributed by atoms with van der Waals surface area (Å²) in [7, 11) is 2.19. The van der Waals surface area contributed by atoms with Crippen LogP contribution in [0.1, 0.15) is 81.9 Å². The fourth-order valence-corrected chi connectivity index (χ4v) is 4.67. The second-order valence-electron chi connectivity index (χ2n) is 9.11. The Labute approximate surface area is 180 Å². The molecule has 1 aliphatic rings. The van der Waals surface area contributed by atoms with Crippen molar-refractivity contribution >= 4 is 0 Å². The van der Waals surface area contributed by atoms with Crippen LogP contribution < -0.4 is 5.73 Å². The van der Waals surface area contributed by atoms with Crippen LogP contribution in [0.25, 0.3) is 0 Å². The molecule has 3 atom stereocenters. The van der Waals surface area contributed by atoms with Gasteiger partial charge in [-0.25, -0.2) is 0 Å². The zero-order valence-electron chi connectivity index (χ0n) is 19.3. The molecule has 0 saturated heterocycles. The summed E-state index contributed by atoms with van der Waals surface area (Å²) >= 11 is 0. The van der Waals surface area contributed by atoms with Crippen LogP contribution >= 0.6 is 0 Å². The maximum atomic E-state index is 6.38. The lowest BCUT2D eigenvalue weighted by Gasteiger charge is -2.29. The van der Waals surface area contributed by atoms with Gasteiger partial charge in [-0.2, -0.15) is 0 Å². The molecule has 3 unspecified atom stereocenters. The van der Waals surface area contributed by atoms with E-state index in [2.05, 4.69) is 57.2 Å². The van der Waals surface area contributed by atoms with Gasteiger partial charge in [-0.3, -0.25) is 0 Å². The molecule has 0 heterocycles. The summed E-state index contributed by atoms with van der Waals surface area (Å²) in [6, 6.07) is 8.10. The second-order valence-corrected chi connectivity index (χ2v) is 9.11. The Morgan fingerprint density at radius 3 is 2.72 bits per heavy atom. The van der Waals surface area contributed by atoms with Crippen molar-refractivity contribution in [1.82, 2.24) is 4.90 Å². The van der Waals surface area contributed by atoms with E-state index in [1.165, 1.54) is 48.1 Å². The maximum absolute atomic E-state index is 6.38. The van der Waals surface area contributed by atoms with Gasteiger partial charge in [-0.15, -0.1) is 6.58 Å². The zero-order chi connectivity index (χ0) is 21.2. The minimum Gasteiger partial charge on any atom is -0.376 e. The van der Waals surface area contributed by atoms with Gasteiger partial charge in [0.15, 0.2) is 0 Å². The van der Waals surface area contributed by atoms with E-state index < -0.39 is 0 Å². The molecule has 0 aliphatic heterocycles. The average molecular weight is 397 g/mol. The van der Waals surface area contributed by atoms with E-state index >= 15 is 0 Å². The first-order valence-electron chi connectivity index (χ1n) is 11.8. The van der Waals surface area contributed by atoms with Crippen LogP contribution in [0.2, 0.25) is 0 Å². The Kier molecular flexibility index (Phi) is 10.0. The van der Waals surface area contributed by atoms with E-state index in [0.717, 1.165) is 44.9 Å². The molecule has 1 saturated carbocycles. The predicted molar refractivity (Wildman–Crippen MR) is 128 cm³/mol. The van der Waals surface area contributed by atoms with Crippen LogP contribution in [-0.4, -0.2) is 24.0 Å². The summed E-state index contributed by atoms with van der Waals surface area (Å²) in [6.07, 6.45) is 15.0. The summed E-state index contributed by atoms with van der Waals surface area (Å²) in [5.74, 6) is 0.667. The van der Waals surface area contributed by atoms with E-state index in [4.69, 9.17) is 5.73 Å². The van der Waals surface area contributed by atoms with Gasteiger partial charge in [-0.1, -0.05) is 50.6 Å². The Hall–Kier alpha value is -1.54. The van der Waals surface area contributed by atoms with Crippen molar-refractivity contribution in [3.8, 4) is 0 Å². The Morgan fingerprint density at radius 1 is 1.28 bits per heavy atom. The molecule has 0 amide bonds. The average Bonchev–Trinajstić information content (AvgIpc) is 2.73. The van der Waals surface area contributed by atoms with E-state index in [1.54, 1.807) is 0 Å². The van der Waals surface area contributed by atoms with E-state index in [-0.39, 0.29) is 0 Å². The first-order valence-corrected chi connectivity index (χ1v) is 11.8. The molecular formula is C27H44N2. The third-order valence-corrected chi connectivity index (χ3v) is 6.98. The van der Waals surface area contributed by atoms with Gasteiger partial charge in [0.2, 0.25) is 0 Å². The maximum Gasteiger partial charge on any atom is 0.0258 e. The third kappa shape index (κ3) is 7.33. The number of nitrogens with two attached hydrogens (primary N) is 1. The molecule has 1 fully saturated rings. The summed E-state index contributed by atoms with van der Waals surface area (Å²) in [5, 5.41) is 0. The molecule has 0 radical (unpaired) electrons. The van der Waals surface area contributed by atoms with E-state index in [9.17, 15) is 0 Å². The van der Waals surface area contributed by atoms with Crippen LogP contribution in [0.3, 0.4) is 0 Å². The lowest BCUT2D eigenvalue weighted by atomic mass is 9.80. The highest BCUT2D eigenvalue weighted by atomic mass is 15.1. The number of allylic oxidation sites excluding steroid dienone is 2. The fourth-order valence-electron chi connectivity index (χ4n) is 4.67. The second kappa shape index (κ2) is 12.2. The van der Waals surface area contributed by atoms with Crippen molar-refractivity contribution in [3.05, 3.63) is 59.8 Å². The number of benzene rings is 1. The van der Waals surface area contributed by atoms with Gasteiger partial charge in [-0.05, 0) is 87.3 Å². The quantitative estimate of drug-likeness (QED) is 0.326. The van der Waals surface area contributed by atoms with Crippen LogP contribution in [0.4, 0.5) is 0 Å². The standard InChI is InChI=1S/C27H44N2/c1-6-8-9-12-21(3)29(5)22(4)15-17-25-18-16-23(19-24(25)7-2)20-26-13-10-11-14-27(26)28/h6,16,18-19,22,26-27H,1,3,7-15,17,20,28H2,2,4-5H3. The summed E-state index contributed by atoms with van der Waals surface area (Å²) in [4.78, 5) is 2.37. The lowest BCUT2D eigenvalue weighted by molar-refractivity contribution is 0.297. The van der Waals surface area contributed by atoms with Gasteiger partial charge < -0.3 is 10.6 Å². The van der Waals surface area contributed by atoms with Crippen LogP contribution in [0.5, 0.6) is 0 Å². The van der Waals surface area contributed by atoms with Crippen molar-refractivity contribution in [3.63, 3.8) is 0 Å². The first kappa shape index (κ1) is 23.7. The number of hydrogen-bond acceptors (Lipinski definition) is 2. The van der Waals surface area contributed by atoms with Crippen molar-refractivity contribution in [2.24, 2.45) is 11.7 Å². The minimum atomic E-state index is 0.393. The molecule has 1 aromatic carbocycles.